The predicted octanol–water partition coefficient (Wildman–Crippen LogP) is 4.64. The smallest absolute Gasteiger partial charge is 0.0329 e. The van der Waals surface area contributed by atoms with Gasteiger partial charge in [0.25, 0.3) is 0 Å². The summed E-state index contributed by atoms with van der Waals surface area (Å²) < 4.78 is 0. The summed E-state index contributed by atoms with van der Waals surface area (Å²) in [4.78, 5) is 0. The molecule has 0 N–H and O–H groups in total. The van der Waals surface area contributed by atoms with Gasteiger partial charge in [0.1, 0.15) is 0 Å². The molecule has 0 aromatic carbocycles. The Balaban J connectivity index is 2.52. The minimum Gasteiger partial charge on any atom is -0.0625 e. The molecule has 0 aromatic rings. The van der Waals surface area contributed by atoms with Crippen molar-refractivity contribution in [3.63, 3.8) is 0 Å². The molecule has 0 aromatic heterocycles. The summed E-state index contributed by atoms with van der Waals surface area (Å²) in [6.07, 6.45) is 8.68. The third-order valence-corrected chi connectivity index (χ3v) is 4.19. The summed E-state index contributed by atoms with van der Waals surface area (Å²) in [5.41, 5.74) is 0.587. The van der Waals surface area contributed by atoms with Gasteiger partial charge in [-0.2, -0.15) is 0 Å². The summed E-state index contributed by atoms with van der Waals surface area (Å²) >= 11 is 0. The molecule has 0 aliphatic heterocycles. The first-order valence-electron chi connectivity index (χ1n) is 6.02. The average molecular weight is 182 g/mol. The second-order valence-electron chi connectivity index (χ2n) is 5.82. The van der Waals surface area contributed by atoms with E-state index in [1.807, 2.05) is 0 Å². The van der Waals surface area contributed by atoms with E-state index in [9.17, 15) is 0 Å². The van der Waals surface area contributed by atoms with E-state index in [0.29, 0.717) is 5.41 Å². The maximum absolute atomic E-state index is 2.45. The number of hydrogen-bond donors (Lipinski definition) is 0. The second kappa shape index (κ2) is 4.48. The van der Waals surface area contributed by atoms with Gasteiger partial charge in [0.05, 0.1) is 0 Å². The van der Waals surface area contributed by atoms with Gasteiger partial charge in [-0.3, -0.25) is 0 Å². The van der Waals surface area contributed by atoms with E-state index in [1.165, 1.54) is 38.5 Å². The van der Waals surface area contributed by atoms with Gasteiger partial charge in [0.2, 0.25) is 0 Å². The van der Waals surface area contributed by atoms with Crippen LogP contribution in [0, 0.1) is 17.3 Å². The maximum atomic E-state index is 2.45. The van der Waals surface area contributed by atoms with Crippen LogP contribution in [-0.4, -0.2) is 0 Å². The van der Waals surface area contributed by atoms with Crippen LogP contribution < -0.4 is 0 Å². The molecule has 78 valence electrons. The quantitative estimate of drug-likeness (QED) is 0.512. The second-order valence-corrected chi connectivity index (χ2v) is 5.82. The Bertz CT molecular complexity index is 146. The molecule has 0 heteroatoms. The highest BCUT2D eigenvalue weighted by Gasteiger charge is 2.26. The summed E-state index contributed by atoms with van der Waals surface area (Å²) in [6, 6.07) is 0. The van der Waals surface area contributed by atoms with E-state index in [1.54, 1.807) is 0 Å². The molecule has 0 radical (unpaired) electrons. The predicted molar refractivity (Wildman–Crippen MR) is 59.8 cm³/mol. The van der Waals surface area contributed by atoms with Gasteiger partial charge in [-0.05, 0) is 30.1 Å². The van der Waals surface area contributed by atoms with Crippen LogP contribution in [0.3, 0.4) is 0 Å². The van der Waals surface area contributed by atoms with Crippen molar-refractivity contribution in [1.82, 2.24) is 0 Å². The molecule has 0 amide bonds. The normalized spacial score (nSPS) is 36.0. The van der Waals surface area contributed by atoms with Gasteiger partial charge in [-0.25, -0.2) is 0 Å². The van der Waals surface area contributed by atoms with Gasteiger partial charge in [0, 0.05) is 0 Å². The largest absolute Gasteiger partial charge is 0.0625 e. The highest BCUT2D eigenvalue weighted by atomic mass is 14.3. The molecule has 2 atom stereocenters. The third-order valence-electron chi connectivity index (χ3n) is 4.19. The number of hydrogen-bond acceptors (Lipinski definition) is 0. The van der Waals surface area contributed by atoms with Gasteiger partial charge in [-0.15, -0.1) is 0 Å². The Morgan fingerprint density at radius 3 is 2.31 bits per heavy atom. The Hall–Kier alpha value is 0. The van der Waals surface area contributed by atoms with E-state index < -0.39 is 0 Å². The zero-order valence-electron chi connectivity index (χ0n) is 9.90. The van der Waals surface area contributed by atoms with E-state index in [0.717, 1.165) is 11.8 Å². The molecule has 0 saturated heterocycles. The van der Waals surface area contributed by atoms with Crippen LogP contribution in [0.4, 0.5) is 0 Å². The topological polar surface area (TPSA) is 0 Å². The van der Waals surface area contributed by atoms with Crippen LogP contribution in [0.15, 0.2) is 0 Å². The Morgan fingerprint density at radius 1 is 0.923 bits per heavy atom. The van der Waals surface area contributed by atoms with Crippen molar-refractivity contribution >= 4 is 0 Å². The zero-order chi connectivity index (χ0) is 9.90. The molecule has 1 fully saturated rings. The molecule has 1 rings (SSSR count). The molecule has 2 unspecified atom stereocenters. The van der Waals surface area contributed by atoms with E-state index >= 15 is 0 Å². The molecule has 1 aliphatic rings. The fourth-order valence-corrected chi connectivity index (χ4v) is 2.39. The van der Waals surface area contributed by atoms with Crippen LogP contribution in [0.1, 0.15) is 66.2 Å². The number of rotatable bonds is 0. The van der Waals surface area contributed by atoms with Crippen molar-refractivity contribution in [2.24, 2.45) is 17.3 Å². The first-order valence-corrected chi connectivity index (χ1v) is 6.02. The van der Waals surface area contributed by atoms with Crippen LogP contribution >= 0.6 is 0 Å². The lowest BCUT2D eigenvalue weighted by Gasteiger charge is -2.31. The van der Waals surface area contributed by atoms with Crippen LogP contribution in [0.25, 0.3) is 0 Å². The Kier molecular flexibility index (Phi) is 3.82. The van der Waals surface area contributed by atoms with Gasteiger partial charge < -0.3 is 0 Å². The van der Waals surface area contributed by atoms with Crippen molar-refractivity contribution in [3.05, 3.63) is 0 Å². The Labute approximate surface area is 84.1 Å². The summed E-state index contributed by atoms with van der Waals surface area (Å²) in [7, 11) is 0. The fraction of sp³-hybridized carbons (Fsp3) is 1.00. The minimum absolute atomic E-state index is 0.587. The lowest BCUT2D eigenvalue weighted by atomic mass is 9.74. The van der Waals surface area contributed by atoms with Crippen molar-refractivity contribution < 1.29 is 0 Å². The fourth-order valence-electron chi connectivity index (χ4n) is 2.39. The molecule has 0 spiro atoms. The molecule has 0 heterocycles. The standard InChI is InChI=1S/C13H26/c1-11-7-5-6-10-13(3,4)12(2)9-8-11/h11-12H,5-10H2,1-4H3. The highest BCUT2D eigenvalue weighted by molar-refractivity contribution is 4.77. The molecule has 1 saturated carbocycles. The molecule has 0 nitrogen and oxygen atoms in total. The molecular formula is C13H26. The van der Waals surface area contributed by atoms with Crippen molar-refractivity contribution in [3.8, 4) is 0 Å². The van der Waals surface area contributed by atoms with Crippen molar-refractivity contribution in [2.75, 3.05) is 0 Å². The lowest BCUT2D eigenvalue weighted by molar-refractivity contribution is 0.194. The first kappa shape index (κ1) is 11.1. The summed E-state index contributed by atoms with van der Waals surface area (Å²) in [6.45, 7) is 9.77. The van der Waals surface area contributed by atoms with Gasteiger partial charge in [0.15, 0.2) is 0 Å². The van der Waals surface area contributed by atoms with Crippen LogP contribution in [0.5, 0.6) is 0 Å². The molecule has 13 heavy (non-hydrogen) atoms. The SMILES string of the molecule is CC1CCCCC(C)(C)C(C)CC1. The summed E-state index contributed by atoms with van der Waals surface area (Å²) in [5, 5.41) is 0. The van der Waals surface area contributed by atoms with Gasteiger partial charge in [-0.1, -0.05) is 53.4 Å². The summed E-state index contributed by atoms with van der Waals surface area (Å²) in [5.74, 6) is 1.88. The minimum atomic E-state index is 0.587. The van der Waals surface area contributed by atoms with Gasteiger partial charge >= 0.3 is 0 Å². The lowest BCUT2D eigenvalue weighted by Crippen LogP contribution is -2.21. The van der Waals surface area contributed by atoms with Crippen molar-refractivity contribution in [1.29, 1.82) is 0 Å². The maximum Gasteiger partial charge on any atom is -0.0329 e. The van der Waals surface area contributed by atoms with Crippen LogP contribution in [0.2, 0.25) is 0 Å². The average Bonchev–Trinajstić information content (AvgIpc) is 2.11. The molecule has 0 bridgehead atoms. The zero-order valence-corrected chi connectivity index (χ0v) is 9.90. The third kappa shape index (κ3) is 3.32. The highest BCUT2D eigenvalue weighted by Crippen LogP contribution is 2.38. The Morgan fingerprint density at radius 2 is 1.62 bits per heavy atom. The monoisotopic (exact) mass is 182 g/mol. The van der Waals surface area contributed by atoms with Crippen LogP contribution in [-0.2, 0) is 0 Å². The van der Waals surface area contributed by atoms with E-state index in [4.69, 9.17) is 0 Å². The molecular weight excluding hydrogens is 156 g/mol. The van der Waals surface area contributed by atoms with E-state index in [-0.39, 0.29) is 0 Å². The first-order chi connectivity index (χ1) is 6.02. The van der Waals surface area contributed by atoms with Crippen molar-refractivity contribution in [2.45, 2.75) is 66.2 Å². The molecule has 1 aliphatic carbocycles. The van der Waals surface area contributed by atoms with E-state index in [2.05, 4.69) is 27.7 Å².